The van der Waals surface area contributed by atoms with Gasteiger partial charge in [0.05, 0.1) is 17.6 Å². The van der Waals surface area contributed by atoms with Crippen LogP contribution in [0.4, 0.5) is 17.1 Å². The van der Waals surface area contributed by atoms with Gasteiger partial charge in [0.25, 0.3) is 0 Å². The maximum Gasteiger partial charge on any atom is 0.152 e. The van der Waals surface area contributed by atoms with Crippen LogP contribution >= 0.6 is 0 Å². The first-order valence-electron chi connectivity index (χ1n) is 4.82. The van der Waals surface area contributed by atoms with E-state index in [0.717, 1.165) is 12.0 Å². The highest BCUT2D eigenvalue weighted by atomic mass is 16.1. The van der Waals surface area contributed by atoms with Crippen LogP contribution in [0.25, 0.3) is 0 Å². The molecule has 80 valence electrons. The summed E-state index contributed by atoms with van der Waals surface area (Å²) in [7, 11) is 0. The lowest BCUT2D eigenvalue weighted by molar-refractivity contribution is 0.112. The zero-order valence-electron chi connectivity index (χ0n) is 8.55. The van der Waals surface area contributed by atoms with Crippen LogP contribution in [0.1, 0.15) is 10.4 Å². The van der Waals surface area contributed by atoms with Crippen LogP contribution in [0.5, 0.6) is 0 Å². The molecule has 0 radical (unpaired) electrons. The number of aldehydes is 1. The van der Waals surface area contributed by atoms with E-state index in [1.54, 1.807) is 24.5 Å². The molecule has 0 spiro atoms. The molecule has 0 aliphatic heterocycles. The van der Waals surface area contributed by atoms with E-state index in [2.05, 4.69) is 10.3 Å². The van der Waals surface area contributed by atoms with Gasteiger partial charge < -0.3 is 11.1 Å². The van der Waals surface area contributed by atoms with E-state index in [9.17, 15) is 4.79 Å². The van der Waals surface area contributed by atoms with Gasteiger partial charge in [0.15, 0.2) is 6.29 Å². The first-order chi connectivity index (χ1) is 7.81. The molecule has 2 aromatic rings. The summed E-state index contributed by atoms with van der Waals surface area (Å²) in [5, 5.41) is 3.07. The molecule has 1 aromatic heterocycles. The number of nitrogens with one attached hydrogen (secondary N) is 1. The number of hydrogen-bond donors (Lipinski definition) is 2. The summed E-state index contributed by atoms with van der Waals surface area (Å²) >= 11 is 0. The minimum absolute atomic E-state index is 0.589. The minimum Gasteiger partial charge on any atom is -0.397 e. The van der Waals surface area contributed by atoms with Crippen molar-refractivity contribution in [3.8, 4) is 0 Å². The van der Waals surface area contributed by atoms with E-state index in [-0.39, 0.29) is 0 Å². The highest BCUT2D eigenvalue weighted by molar-refractivity contribution is 5.87. The van der Waals surface area contributed by atoms with E-state index in [4.69, 9.17) is 5.73 Å². The number of nitrogens with two attached hydrogens (primary N) is 1. The normalized spacial score (nSPS) is 9.75. The van der Waals surface area contributed by atoms with Gasteiger partial charge in [-0.25, -0.2) is 0 Å². The van der Waals surface area contributed by atoms with Crippen LogP contribution in [0.15, 0.2) is 42.7 Å². The Morgan fingerprint density at radius 3 is 2.75 bits per heavy atom. The minimum atomic E-state index is 0.589. The molecule has 0 aliphatic rings. The Bertz CT molecular complexity index is 511. The van der Waals surface area contributed by atoms with Gasteiger partial charge in [0.1, 0.15) is 0 Å². The molecule has 4 nitrogen and oxygen atoms in total. The molecule has 16 heavy (non-hydrogen) atoms. The maximum absolute atomic E-state index is 10.8. The molecule has 0 amide bonds. The van der Waals surface area contributed by atoms with Crippen molar-refractivity contribution in [2.75, 3.05) is 11.1 Å². The predicted molar refractivity (Wildman–Crippen MR) is 63.8 cm³/mol. The van der Waals surface area contributed by atoms with Crippen molar-refractivity contribution in [3.63, 3.8) is 0 Å². The Balaban J connectivity index is 2.34. The van der Waals surface area contributed by atoms with Gasteiger partial charge in [-0.15, -0.1) is 0 Å². The summed E-state index contributed by atoms with van der Waals surface area (Å²) in [5.74, 6) is 0. The SMILES string of the molecule is Nc1ccncc1Nc1ccccc1C=O. The molecule has 3 N–H and O–H groups in total. The van der Waals surface area contributed by atoms with Gasteiger partial charge in [-0.3, -0.25) is 9.78 Å². The number of carbonyl (C=O) groups excluding carboxylic acids is 1. The van der Waals surface area contributed by atoms with Crippen molar-refractivity contribution in [1.82, 2.24) is 4.98 Å². The average Bonchev–Trinajstić information content (AvgIpc) is 2.33. The van der Waals surface area contributed by atoms with E-state index in [1.165, 1.54) is 0 Å². The molecule has 1 aromatic carbocycles. The highest BCUT2D eigenvalue weighted by Crippen LogP contribution is 2.23. The quantitative estimate of drug-likeness (QED) is 0.767. The lowest BCUT2D eigenvalue weighted by Gasteiger charge is -2.09. The van der Waals surface area contributed by atoms with Gasteiger partial charge >= 0.3 is 0 Å². The zero-order chi connectivity index (χ0) is 11.4. The van der Waals surface area contributed by atoms with Gasteiger partial charge in [0.2, 0.25) is 0 Å². The Hall–Kier alpha value is -2.36. The second kappa shape index (κ2) is 4.44. The van der Waals surface area contributed by atoms with Crippen molar-refractivity contribution in [2.24, 2.45) is 0 Å². The molecule has 2 rings (SSSR count). The number of para-hydroxylation sites is 1. The summed E-state index contributed by atoms with van der Waals surface area (Å²) in [6.45, 7) is 0. The number of hydrogen-bond acceptors (Lipinski definition) is 4. The molecule has 0 bridgehead atoms. The summed E-state index contributed by atoms with van der Waals surface area (Å²) in [6.07, 6.45) is 4.04. The number of benzene rings is 1. The van der Waals surface area contributed by atoms with E-state index in [0.29, 0.717) is 16.9 Å². The molecule has 0 saturated carbocycles. The van der Waals surface area contributed by atoms with Crippen molar-refractivity contribution >= 4 is 23.3 Å². The third-order valence-corrected chi connectivity index (χ3v) is 2.21. The summed E-state index contributed by atoms with van der Waals surface area (Å²) in [6, 6.07) is 8.91. The van der Waals surface area contributed by atoms with E-state index in [1.807, 2.05) is 18.2 Å². The molecule has 0 aliphatic carbocycles. The van der Waals surface area contributed by atoms with Crippen molar-refractivity contribution in [2.45, 2.75) is 0 Å². The van der Waals surface area contributed by atoms with Crippen LogP contribution in [0.2, 0.25) is 0 Å². The summed E-state index contributed by atoms with van der Waals surface area (Å²) in [5.41, 5.74) is 8.36. The van der Waals surface area contributed by atoms with Gasteiger partial charge in [-0.05, 0) is 18.2 Å². The third-order valence-electron chi connectivity index (χ3n) is 2.21. The number of aromatic nitrogens is 1. The monoisotopic (exact) mass is 213 g/mol. The van der Waals surface area contributed by atoms with E-state index < -0.39 is 0 Å². The fourth-order valence-electron chi connectivity index (χ4n) is 1.37. The van der Waals surface area contributed by atoms with Crippen LogP contribution in [0, 0.1) is 0 Å². The Labute approximate surface area is 93.1 Å². The average molecular weight is 213 g/mol. The Morgan fingerprint density at radius 2 is 2.00 bits per heavy atom. The second-order valence-corrected chi connectivity index (χ2v) is 3.29. The Kier molecular flexibility index (Phi) is 2.82. The number of nitrogen functional groups attached to an aromatic ring is 1. The lowest BCUT2D eigenvalue weighted by atomic mass is 10.2. The van der Waals surface area contributed by atoms with Gasteiger partial charge in [-0.2, -0.15) is 0 Å². The first kappa shape index (κ1) is 10.2. The first-order valence-corrected chi connectivity index (χ1v) is 4.82. The predicted octanol–water partition coefficient (Wildman–Crippen LogP) is 2.22. The zero-order valence-corrected chi connectivity index (χ0v) is 8.55. The van der Waals surface area contributed by atoms with E-state index >= 15 is 0 Å². The standard InChI is InChI=1S/C12H11N3O/c13-10-5-6-14-7-12(10)15-11-4-2-1-3-9(11)8-16/h1-8,15H,(H2,13,14). The topological polar surface area (TPSA) is 68.0 Å². The fourth-order valence-corrected chi connectivity index (χ4v) is 1.37. The molecule has 0 fully saturated rings. The third kappa shape index (κ3) is 2.00. The van der Waals surface area contributed by atoms with Crippen LogP contribution in [0.3, 0.4) is 0 Å². The number of nitrogens with zero attached hydrogens (tertiary/aromatic N) is 1. The molecule has 1 heterocycles. The van der Waals surface area contributed by atoms with Gasteiger partial charge in [-0.1, -0.05) is 12.1 Å². The lowest BCUT2D eigenvalue weighted by Crippen LogP contribution is -1.99. The van der Waals surface area contributed by atoms with Gasteiger partial charge in [0, 0.05) is 17.4 Å². The number of pyridine rings is 1. The number of carbonyl (C=O) groups is 1. The summed E-state index contributed by atoms with van der Waals surface area (Å²) in [4.78, 5) is 14.8. The second-order valence-electron chi connectivity index (χ2n) is 3.29. The smallest absolute Gasteiger partial charge is 0.152 e. The van der Waals surface area contributed by atoms with Crippen LogP contribution in [-0.4, -0.2) is 11.3 Å². The van der Waals surface area contributed by atoms with Crippen molar-refractivity contribution < 1.29 is 4.79 Å². The van der Waals surface area contributed by atoms with Crippen molar-refractivity contribution in [3.05, 3.63) is 48.3 Å². The molecule has 0 unspecified atom stereocenters. The van der Waals surface area contributed by atoms with Crippen molar-refractivity contribution in [1.29, 1.82) is 0 Å². The van der Waals surface area contributed by atoms with Crippen LogP contribution < -0.4 is 11.1 Å². The molecular weight excluding hydrogens is 202 g/mol. The summed E-state index contributed by atoms with van der Waals surface area (Å²) < 4.78 is 0. The maximum atomic E-state index is 10.8. The molecular formula is C12H11N3O. The Morgan fingerprint density at radius 1 is 1.19 bits per heavy atom. The number of anilines is 3. The number of rotatable bonds is 3. The van der Waals surface area contributed by atoms with Crippen LogP contribution in [-0.2, 0) is 0 Å². The largest absolute Gasteiger partial charge is 0.397 e. The molecule has 4 heteroatoms. The highest BCUT2D eigenvalue weighted by Gasteiger charge is 2.02. The molecule has 0 saturated heterocycles. The fraction of sp³-hybridized carbons (Fsp3) is 0. The molecule has 0 atom stereocenters.